The van der Waals surface area contributed by atoms with Crippen LogP contribution in [0.1, 0.15) is 5.56 Å². The van der Waals surface area contributed by atoms with Crippen molar-refractivity contribution >= 4 is 29.2 Å². The zero-order valence-corrected chi connectivity index (χ0v) is 7.66. The molecule has 0 aromatic heterocycles. The van der Waals surface area contributed by atoms with E-state index in [1.807, 2.05) is 30.3 Å². The van der Waals surface area contributed by atoms with Crippen molar-refractivity contribution in [1.29, 1.82) is 0 Å². The van der Waals surface area contributed by atoms with Gasteiger partial charge in [0.25, 0.3) is 0 Å². The van der Waals surface area contributed by atoms with Gasteiger partial charge in [-0.15, -0.1) is 12.6 Å². The Balaban J connectivity index is 2.45. The lowest BCUT2D eigenvalue weighted by Gasteiger charge is -2.01. The van der Waals surface area contributed by atoms with Gasteiger partial charge in [0.2, 0.25) is 0 Å². The first kappa shape index (κ1) is 8.56. The maximum atomic E-state index is 4.75. The number of nitrogens with one attached hydrogen (secondary N) is 1. The van der Waals surface area contributed by atoms with E-state index in [0.29, 0.717) is 4.32 Å². The van der Waals surface area contributed by atoms with Gasteiger partial charge in [-0.2, -0.15) is 0 Å². The smallest absolute Gasteiger partial charge is 0.130 e. The van der Waals surface area contributed by atoms with E-state index in [1.165, 1.54) is 5.56 Å². The van der Waals surface area contributed by atoms with Crippen molar-refractivity contribution in [2.24, 2.45) is 0 Å². The highest BCUT2D eigenvalue weighted by molar-refractivity contribution is 8.11. The van der Waals surface area contributed by atoms with E-state index < -0.39 is 0 Å². The van der Waals surface area contributed by atoms with Gasteiger partial charge in [0.15, 0.2) is 0 Å². The lowest BCUT2D eigenvalue weighted by Crippen LogP contribution is -2.14. The van der Waals surface area contributed by atoms with E-state index in [-0.39, 0.29) is 0 Å². The Morgan fingerprint density at radius 1 is 1.36 bits per heavy atom. The number of thiocarbonyl (C=S) groups is 1. The number of benzene rings is 1. The lowest BCUT2D eigenvalue weighted by atomic mass is 10.2. The van der Waals surface area contributed by atoms with Crippen LogP contribution in [0.2, 0.25) is 0 Å². The first-order valence-corrected chi connectivity index (χ1v) is 4.15. The van der Waals surface area contributed by atoms with Crippen LogP contribution < -0.4 is 5.32 Å². The molecule has 1 aromatic rings. The first-order chi connectivity index (χ1) is 5.29. The van der Waals surface area contributed by atoms with Crippen LogP contribution in [0, 0.1) is 0 Å². The molecule has 0 amide bonds. The zero-order chi connectivity index (χ0) is 8.10. The van der Waals surface area contributed by atoms with Crippen molar-refractivity contribution in [2.45, 2.75) is 6.54 Å². The van der Waals surface area contributed by atoms with E-state index in [1.54, 1.807) is 0 Å². The number of thiol groups is 1. The minimum Gasteiger partial charge on any atom is -0.367 e. The van der Waals surface area contributed by atoms with Crippen LogP contribution in [0.4, 0.5) is 0 Å². The number of hydrogen-bond acceptors (Lipinski definition) is 1. The van der Waals surface area contributed by atoms with Gasteiger partial charge < -0.3 is 5.32 Å². The Bertz CT molecular complexity index is 233. The van der Waals surface area contributed by atoms with Crippen LogP contribution in [0.25, 0.3) is 0 Å². The second kappa shape index (κ2) is 4.36. The highest BCUT2D eigenvalue weighted by Gasteiger charge is 1.89. The Morgan fingerprint density at radius 2 is 2.00 bits per heavy atom. The fourth-order valence-electron chi connectivity index (χ4n) is 0.774. The van der Waals surface area contributed by atoms with Gasteiger partial charge in [-0.3, -0.25) is 0 Å². The summed E-state index contributed by atoms with van der Waals surface area (Å²) < 4.78 is 0.536. The van der Waals surface area contributed by atoms with E-state index in [0.717, 1.165) is 6.54 Å². The summed E-state index contributed by atoms with van der Waals surface area (Å²) >= 11 is 8.70. The summed E-state index contributed by atoms with van der Waals surface area (Å²) in [5.74, 6) is 0. The molecule has 0 radical (unpaired) electrons. The average molecular weight is 183 g/mol. The Hall–Kier alpha value is -0.540. The van der Waals surface area contributed by atoms with Gasteiger partial charge in [-0.1, -0.05) is 42.5 Å². The molecule has 0 aliphatic rings. The molecule has 0 bridgehead atoms. The molecule has 58 valence electrons. The summed E-state index contributed by atoms with van der Waals surface area (Å²) in [6, 6.07) is 10.1. The third-order valence-corrected chi connectivity index (χ3v) is 1.59. The van der Waals surface area contributed by atoms with Crippen LogP contribution in [0.5, 0.6) is 0 Å². The quantitative estimate of drug-likeness (QED) is 0.537. The molecule has 1 rings (SSSR count). The Labute approximate surface area is 77.2 Å². The molecule has 11 heavy (non-hydrogen) atoms. The predicted octanol–water partition coefficient (Wildman–Crippen LogP) is 1.99. The van der Waals surface area contributed by atoms with Crippen molar-refractivity contribution < 1.29 is 0 Å². The second-order valence-electron chi connectivity index (χ2n) is 2.14. The molecular formula is C8H9NS2. The topological polar surface area (TPSA) is 12.0 Å². The summed E-state index contributed by atoms with van der Waals surface area (Å²) in [7, 11) is 0. The normalized spacial score (nSPS) is 9.18. The van der Waals surface area contributed by atoms with Gasteiger partial charge >= 0.3 is 0 Å². The Kier molecular flexibility index (Phi) is 3.39. The van der Waals surface area contributed by atoms with Gasteiger partial charge in [-0.25, -0.2) is 0 Å². The molecule has 1 aromatic carbocycles. The maximum absolute atomic E-state index is 4.75. The highest BCUT2D eigenvalue weighted by atomic mass is 32.1. The van der Waals surface area contributed by atoms with Crippen molar-refractivity contribution in [3.63, 3.8) is 0 Å². The third-order valence-electron chi connectivity index (χ3n) is 1.29. The molecule has 0 spiro atoms. The third kappa shape index (κ3) is 3.39. The monoisotopic (exact) mass is 183 g/mol. The van der Waals surface area contributed by atoms with Crippen LogP contribution in [-0.4, -0.2) is 4.32 Å². The summed E-state index contributed by atoms with van der Waals surface area (Å²) in [5, 5.41) is 2.96. The minimum atomic E-state index is 0.536. The van der Waals surface area contributed by atoms with E-state index >= 15 is 0 Å². The van der Waals surface area contributed by atoms with Gasteiger partial charge in [0.1, 0.15) is 4.32 Å². The molecular weight excluding hydrogens is 174 g/mol. The van der Waals surface area contributed by atoms with Crippen LogP contribution >= 0.6 is 24.8 Å². The maximum Gasteiger partial charge on any atom is 0.130 e. The van der Waals surface area contributed by atoms with Crippen molar-refractivity contribution in [3.05, 3.63) is 35.9 Å². The molecule has 1 nitrogen and oxygen atoms in total. The summed E-state index contributed by atoms with van der Waals surface area (Å²) in [5.41, 5.74) is 1.21. The van der Waals surface area contributed by atoms with E-state index in [9.17, 15) is 0 Å². The molecule has 1 N–H and O–H groups in total. The fourth-order valence-corrected chi connectivity index (χ4v) is 0.925. The molecule has 0 atom stereocenters. The molecule has 0 saturated carbocycles. The summed E-state index contributed by atoms with van der Waals surface area (Å²) in [6.07, 6.45) is 0. The average Bonchev–Trinajstić information content (AvgIpc) is 2.03. The molecule has 0 heterocycles. The largest absolute Gasteiger partial charge is 0.367 e. The molecule has 3 heteroatoms. The van der Waals surface area contributed by atoms with E-state index in [2.05, 4.69) is 17.9 Å². The van der Waals surface area contributed by atoms with Crippen LogP contribution in [-0.2, 0) is 6.54 Å². The van der Waals surface area contributed by atoms with E-state index in [4.69, 9.17) is 12.2 Å². The standard InChI is InChI=1S/C8H9NS2/c10-8(11)9-6-7-4-2-1-3-5-7/h1-5H,6H2,(H2,9,10,11). The SMILES string of the molecule is S=C(S)NCc1ccccc1. The first-order valence-electron chi connectivity index (χ1n) is 3.30. The van der Waals surface area contributed by atoms with Crippen molar-refractivity contribution in [3.8, 4) is 0 Å². The number of hydrogen-bond donors (Lipinski definition) is 2. The van der Waals surface area contributed by atoms with Gasteiger partial charge in [-0.05, 0) is 5.56 Å². The Morgan fingerprint density at radius 3 is 2.55 bits per heavy atom. The highest BCUT2D eigenvalue weighted by Crippen LogP contribution is 1.97. The van der Waals surface area contributed by atoms with Gasteiger partial charge in [0.05, 0.1) is 0 Å². The molecule has 0 saturated heterocycles. The number of rotatable bonds is 2. The lowest BCUT2D eigenvalue weighted by molar-refractivity contribution is 0.940. The molecule has 0 aliphatic heterocycles. The second-order valence-corrected chi connectivity index (χ2v) is 3.30. The van der Waals surface area contributed by atoms with Crippen molar-refractivity contribution in [2.75, 3.05) is 0 Å². The summed E-state index contributed by atoms with van der Waals surface area (Å²) in [6.45, 7) is 0.753. The summed E-state index contributed by atoms with van der Waals surface area (Å²) in [4.78, 5) is 0. The van der Waals surface area contributed by atoms with Crippen LogP contribution in [0.3, 0.4) is 0 Å². The van der Waals surface area contributed by atoms with Crippen molar-refractivity contribution in [1.82, 2.24) is 5.32 Å². The molecule has 0 aliphatic carbocycles. The minimum absolute atomic E-state index is 0.536. The van der Waals surface area contributed by atoms with Crippen LogP contribution in [0.15, 0.2) is 30.3 Å². The molecule has 0 fully saturated rings. The zero-order valence-electron chi connectivity index (χ0n) is 5.95. The predicted molar refractivity (Wildman–Crippen MR) is 54.9 cm³/mol. The molecule has 0 unspecified atom stereocenters. The van der Waals surface area contributed by atoms with Gasteiger partial charge in [0, 0.05) is 6.54 Å². The fraction of sp³-hybridized carbons (Fsp3) is 0.125.